The van der Waals surface area contributed by atoms with Gasteiger partial charge >= 0.3 is 0 Å². The average Bonchev–Trinajstić information content (AvgIpc) is 2.94. The number of anilines is 1. The van der Waals surface area contributed by atoms with Crippen LogP contribution in [0, 0.1) is 12.8 Å². The fourth-order valence-electron chi connectivity index (χ4n) is 1.82. The summed E-state index contributed by atoms with van der Waals surface area (Å²) in [6.45, 7) is 2.57. The van der Waals surface area contributed by atoms with Crippen LogP contribution in [0.5, 0.6) is 0 Å². The third kappa shape index (κ3) is 3.10. The second-order valence-corrected chi connectivity index (χ2v) is 4.32. The molecule has 18 heavy (non-hydrogen) atoms. The van der Waals surface area contributed by atoms with Gasteiger partial charge in [-0.1, -0.05) is 0 Å². The fraction of sp³-hybridized carbons (Fsp3) is 0.500. The highest BCUT2D eigenvalue weighted by molar-refractivity contribution is 5.24. The molecule has 0 aliphatic rings. The lowest BCUT2D eigenvalue weighted by atomic mass is 10.1. The summed E-state index contributed by atoms with van der Waals surface area (Å²) < 4.78 is 6.96. The number of aromatic nitrogens is 3. The Morgan fingerprint density at radius 3 is 2.94 bits per heavy atom. The Hall–Kier alpha value is -1.82. The molecular formula is C12H18N4O2. The molecule has 0 spiro atoms. The van der Waals surface area contributed by atoms with Crippen LogP contribution in [-0.2, 0) is 13.5 Å². The standard InChI is InChI=1S/C12H18N4O2/c1-9-14-12(16(2)15-9)13-7-10(8-17)6-11-4-3-5-18-11/h3-5,10,17H,6-8H2,1-2H3,(H,13,14,15). The molecule has 0 saturated carbocycles. The maximum atomic E-state index is 9.35. The van der Waals surface area contributed by atoms with E-state index >= 15 is 0 Å². The van der Waals surface area contributed by atoms with Crippen LogP contribution < -0.4 is 5.32 Å². The summed E-state index contributed by atoms with van der Waals surface area (Å²) in [6.07, 6.45) is 2.34. The molecule has 6 nitrogen and oxygen atoms in total. The van der Waals surface area contributed by atoms with E-state index < -0.39 is 0 Å². The first-order valence-corrected chi connectivity index (χ1v) is 5.93. The number of aliphatic hydroxyl groups excluding tert-OH is 1. The van der Waals surface area contributed by atoms with E-state index in [2.05, 4.69) is 15.4 Å². The van der Waals surface area contributed by atoms with Crippen LogP contribution in [0.25, 0.3) is 0 Å². The average molecular weight is 250 g/mol. The van der Waals surface area contributed by atoms with Crippen molar-refractivity contribution in [3.8, 4) is 0 Å². The number of nitrogens with one attached hydrogen (secondary N) is 1. The molecule has 0 saturated heterocycles. The second-order valence-electron chi connectivity index (χ2n) is 4.32. The summed E-state index contributed by atoms with van der Waals surface area (Å²) in [5.41, 5.74) is 0. The molecule has 2 rings (SSSR count). The van der Waals surface area contributed by atoms with Crippen molar-refractivity contribution in [1.82, 2.24) is 14.8 Å². The van der Waals surface area contributed by atoms with Gasteiger partial charge in [0.05, 0.1) is 6.26 Å². The van der Waals surface area contributed by atoms with Gasteiger partial charge in [-0.3, -0.25) is 0 Å². The van der Waals surface area contributed by atoms with Gasteiger partial charge in [-0.05, 0) is 19.1 Å². The lowest BCUT2D eigenvalue weighted by Crippen LogP contribution is -2.21. The van der Waals surface area contributed by atoms with Gasteiger partial charge in [0, 0.05) is 32.5 Å². The normalized spacial score (nSPS) is 12.6. The van der Waals surface area contributed by atoms with Gasteiger partial charge in [-0.15, -0.1) is 0 Å². The third-order valence-electron chi connectivity index (χ3n) is 2.75. The quantitative estimate of drug-likeness (QED) is 0.799. The Balaban J connectivity index is 1.89. The number of aryl methyl sites for hydroxylation is 2. The molecule has 0 aliphatic heterocycles. The lowest BCUT2D eigenvalue weighted by molar-refractivity contribution is 0.226. The first-order chi connectivity index (χ1) is 8.69. The lowest BCUT2D eigenvalue weighted by Gasteiger charge is -2.13. The van der Waals surface area contributed by atoms with Crippen LogP contribution in [0.1, 0.15) is 11.6 Å². The molecule has 98 valence electrons. The van der Waals surface area contributed by atoms with Crippen molar-refractivity contribution in [1.29, 1.82) is 0 Å². The van der Waals surface area contributed by atoms with Crippen molar-refractivity contribution in [2.45, 2.75) is 13.3 Å². The minimum Gasteiger partial charge on any atom is -0.469 e. The van der Waals surface area contributed by atoms with Crippen LogP contribution in [0.3, 0.4) is 0 Å². The molecule has 0 aromatic carbocycles. The first kappa shape index (κ1) is 12.6. The van der Waals surface area contributed by atoms with Gasteiger partial charge in [-0.25, -0.2) is 4.68 Å². The van der Waals surface area contributed by atoms with Crippen LogP contribution in [0.4, 0.5) is 5.95 Å². The number of aliphatic hydroxyl groups is 1. The highest BCUT2D eigenvalue weighted by atomic mass is 16.3. The van der Waals surface area contributed by atoms with Crippen molar-refractivity contribution in [3.63, 3.8) is 0 Å². The summed E-state index contributed by atoms with van der Waals surface area (Å²) in [7, 11) is 1.84. The number of furan rings is 1. The van der Waals surface area contributed by atoms with Crippen LogP contribution in [0.2, 0.25) is 0 Å². The van der Waals surface area contributed by atoms with E-state index in [4.69, 9.17) is 4.42 Å². The smallest absolute Gasteiger partial charge is 0.221 e. The topological polar surface area (TPSA) is 76.1 Å². The Morgan fingerprint density at radius 2 is 2.39 bits per heavy atom. The summed E-state index contributed by atoms with van der Waals surface area (Å²) in [5, 5.41) is 16.7. The number of rotatable bonds is 6. The van der Waals surface area contributed by atoms with Gasteiger partial charge in [0.2, 0.25) is 5.95 Å². The molecule has 2 aromatic heterocycles. The van der Waals surface area contributed by atoms with E-state index in [1.807, 2.05) is 26.1 Å². The van der Waals surface area contributed by atoms with E-state index in [-0.39, 0.29) is 12.5 Å². The summed E-state index contributed by atoms with van der Waals surface area (Å²) in [5.74, 6) is 2.41. The number of hydrogen-bond donors (Lipinski definition) is 2. The molecule has 0 aliphatic carbocycles. The Bertz CT molecular complexity index is 478. The van der Waals surface area contributed by atoms with Gasteiger partial charge < -0.3 is 14.8 Å². The van der Waals surface area contributed by atoms with Crippen LogP contribution in [0.15, 0.2) is 22.8 Å². The molecular weight excluding hydrogens is 232 g/mol. The maximum Gasteiger partial charge on any atom is 0.221 e. The molecule has 0 amide bonds. The highest BCUT2D eigenvalue weighted by Gasteiger charge is 2.12. The zero-order chi connectivity index (χ0) is 13.0. The monoisotopic (exact) mass is 250 g/mol. The largest absolute Gasteiger partial charge is 0.469 e. The molecule has 2 heterocycles. The van der Waals surface area contributed by atoms with Gasteiger partial charge in [0.15, 0.2) is 0 Å². The van der Waals surface area contributed by atoms with E-state index in [1.165, 1.54) is 0 Å². The SMILES string of the molecule is Cc1nc(NCC(CO)Cc2ccco2)n(C)n1. The minimum absolute atomic E-state index is 0.0909. The predicted molar refractivity (Wildman–Crippen MR) is 67.2 cm³/mol. The van der Waals surface area contributed by atoms with Crippen molar-refractivity contribution in [2.24, 2.45) is 13.0 Å². The fourth-order valence-corrected chi connectivity index (χ4v) is 1.82. The van der Waals surface area contributed by atoms with Gasteiger partial charge in [0.1, 0.15) is 11.6 Å². The Labute approximate surface area is 106 Å². The number of nitrogens with zero attached hydrogens (tertiary/aromatic N) is 3. The highest BCUT2D eigenvalue weighted by Crippen LogP contribution is 2.10. The second kappa shape index (κ2) is 5.68. The molecule has 0 bridgehead atoms. The van der Waals surface area contributed by atoms with E-state index in [9.17, 15) is 5.11 Å². The molecule has 0 fully saturated rings. The van der Waals surface area contributed by atoms with E-state index in [0.717, 1.165) is 11.6 Å². The third-order valence-corrected chi connectivity index (χ3v) is 2.75. The molecule has 1 atom stereocenters. The van der Waals surface area contributed by atoms with Gasteiger partial charge in [-0.2, -0.15) is 10.1 Å². The van der Waals surface area contributed by atoms with Gasteiger partial charge in [0.25, 0.3) is 0 Å². The predicted octanol–water partition coefficient (Wildman–Crippen LogP) is 0.980. The molecule has 2 N–H and O–H groups in total. The van der Waals surface area contributed by atoms with Crippen molar-refractivity contribution < 1.29 is 9.52 Å². The van der Waals surface area contributed by atoms with E-state index in [1.54, 1.807) is 10.9 Å². The van der Waals surface area contributed by atoms with Crippen LogP contribution >= 0.6 is 0 Å². The van der Waals surface area contributed by atoms with Crippen molar-refractivity contribution >= 4 is 5.95 Å². The molecule has 0 radical (unpaired) electrons. The van der Waals surface area contributed by atoms with Crippen molar-refractivity contribution in [2.75, 3.05) is 18.5 Å². The summed E-state index contributed by atoms with van der Waals surface area (Å²) >= 11 is 0. The zero-order valence-corrected chi connectivity index (χ0v) is 10.6. The minimum atomic E-state index is 0.0909. The molecule has 2 aromatic rings. The number of hydrogen-bond acceptors (Lipinski definition) is 5. The van der Waals surface area contributed by atoms with Crippen molar-refractivity contribution in [3.05, 3.63) is 30.0 Å². The first-order valence-electron chi connectivity index (χ1n) is 5.93. The van der Waals surface area contributed by atoms with Crippen LogP contribution in [-0.4, -0.2) is 33.0 Å². The molecule has 1 unspecified atom stereocenters. The summed E-state index contributed by atoms with van der Waals surface area (Å²) in [6, 6.07) is 3.76. The van der Waals surface area contributed by atoms with E-state index in [0.29, 0.717) is 18.9 Å². The Morgan fingerprint density at radius 1 is 1.56 bits per heavy atom. The summed E-state index contributed by atoms with van der Waals surface area (Å²) in [4.78, 5) is 4.25. The maximum absolute atomic E-state index is 9.35. The Kier molecular flexibility index (Phi) is 3.99. The zero-order valence-electron chi connectivity index (χ0n) is 10.6. The molecule has 6 heteroatoms.